The predicted molar refractivity (Wildman–Crippen MR) is 98.6 cm³/mol. The van der Waals surface area contributed by atoms with Crippen molar-refractivity contribution in [3.05, 3.63) is 38.8 Å². The molecule has 3 rings (SSSR count). The molecule has 7 nitrogen and oxygen atoms in total. The number of imide groups is 1. The van der Waals surface area contributed by atoms with E-state index in [1.807, 2.05) is 0 Å². The maximum Gasteiger partial charge on any atom is 0.311 e. The van der Waals surface area contributed by atoms with Crippen LogP contribution in [0.4, 0.5) is 10.5 Å². The molecule has 8 heteroatoms. The first-order valence-corrected chi connectivity index (χ1v) is 9.33. The lowest BCUT2D eigenvalue weighted by molar-refractivity contribution is -0.385. The van der Waals surface area contributed by atoms with Gasteiger partial charge >= 0.3 is 5.69 Å². The molecule has 1 aromatic rings. The highest BCUT2D eigenvalue weighted by atomic mass is 32.2. The Morgan fingerprint density at radius 2 is 2.00 bits per heavy atom. The minimum Gasteiger partial charge on any atom is -0.502 e. The Hall–Kier alpha value is -2.35. The van der Waals surface area contributed by atoms with Crippen molar-refractivity contribution in [2.24, 2.45) is 5.41 Å². The Kier molecular flexibility index (Phi) is 5.04. The predicted octanol–water partition coefficient (Wildman–Crippen LogP) is 4.31. The van der Waals surface area contributed by atoms with E-state index in [2.05, 4.69) is 6.92 Å². The topological polar surface area (TPSA) is 101 Å². The standard InChI is InChI=1S/C18H20N2O5S/c1-18(7-3-2-4-8-18)11-19-16(22)15(26-17(19)23)10-12-5-6-14(21)13(9-12)20(24)25/h5-6,9-10,21H,2-4,7-8,11H2,1H3. The number of thioether (sulfide) groups is 1. The van der Waals surface area contributed by atoms with E-state index in [4.69, 9.17) is 0 Å². The van der Waals surface area contributed by atoms with Crippen molar-refractivity contribution < 1.29 is 19.6 Å². The summed E-state index contributed by atoms with van der Waals surface area (Å²) in [6.07, 6.45) is 6.87. The number of nitrogens with zero attached hydrogens (tertiary/aromatic N) is 2. The lowest BCUT2D eigenvalue weighted by Crippen LogP contribution is -2.39. The summed E-state index contributed by atoms with van der Waals surface area (Å²) in [4.78, 5) is 36.7. The van der Waals surface area contributed by atoms with Crippen molar-refractivity contribution in [1.29, 1.82) is 0 Å². The zero-order valence-corrected chi connectivity index (χ0v) is 15.3. The summed E-state index contributed by atoms with van der Waals surface area (Å²) >= 11 is 0.849. The summed E-state index contributed by atoms with van der Waals surface area (Å²) in [5, 5.41) is 20.1. The van der Waals surface area contributed by atoms with Gasteiger partial charge in [0.15, 0.2) is 5.75 Å². The van der Waals surface area contributed by atoms with Crippen molar-refractivity contribution in [1.82, 2.24) is 4.90 Å². The van der Waals surface area contributed by atoms with Crippen molar-refractivity contribution in [3.8, 4) is 5.75 Å². The Bertz CT molecular complexity index is 799. The molecule has 2 aliphatic rings. The first-order chi connectivity index (χ1) is 12.3. The van der Waals surface area contributed by atoms with Gasteiger partial charge in [-0.25, -0.2) is 0 Å². The van der Waals surface area contributed by atoms with Crippen LogP contribution in [0.15, 0.2) is 23.1 Å². The summed E-state index contributed by atoms with van der Waals surface area (Å²) in [6.45, 7) is 2.52. The van der Waals surface area contributed by atoms with Crippen LogP contribution in [0.3, 0.4) is 0 Å². The van der Waals surface area contributed by atoms with E-state index < -0.39 is 16.4 Å². The van der Waals surface area contributed by atoms with Gasteiger partial charge in [-0.1, -0.05) is 32.3 Å². The van der Waals surface area contributed by atoms with E-state index in [1.54, 1.807) is 0 Å². The molecule has 0 spiro atoms. The molecule has 0 radical (unpaired) electrons. The van der Waals surface area contributed by atoms with Gasteiger partial charge in [-0.15, -0.1) is 0 Å². The molecule has 2 amide bonds. The summed E-state index contributed by atoms with van der Waals surface area (Å²) < 4.78 is 0. The van der Waals surface area contributed by atoms with Crippen molar-refractivity contribution in [2.45, 2.75) is 39.0 Å². The van der Waals surface area contributed by atoms with Gasteiger partial charge in [0, 0.05) is 12.6 Å². The second-order valence-corrected chi connectivity index (χ2v) is 8.14. The Morgan fingerprint density at radius 1 is 1.31 bits per heavy atom. The maximum absolute atomic E-state index is 12.7. The second-order valence-electron chi connectivity index (χ2n) is 7.14. The van der Waals surface area contributed by atoms with E-state index in [0.29, 0.717) is 12.1 Å². The summed E-state index contributed by atoms with van der Waals surface area (Å²) in [5.41, 5.74) is -0.0896. The molecule has 138 valence electrons. The third-order valence-electron chi connectivity index (χ3n) is 4.97. The van der Waals surface area contributed by atoms with Crippen molar-refractivity contribution >= 4 is 34.7 Å². The molecule has 1 heterocycles. The maximum atomic E-state index is 12.7. The van der Waals surface area contributed by atoms with Crippen LogP contribution < -0.4 is 0 Å². The number of phenolic OH excluding ortho intramolecular Hbond substituents is 1. The molecule has 1 aromatic carbocycles. The number of carbonyl (C=O) groups is 2. The average molecular weight is 376 g/mol. The molecule has 1 saturated carbocycles. The van der Waals surface area contributed by atoms with E-state index >= 15 is 0 Å². The Labute approximate surface area is 155 Å². The molecular weight excluding hydrogens is 356 g/mol. The summed E-state index contributed by atoms with van der Waals surface area (Å²) in [7, 11) is 0. The van der Waals surface area contributed by atoms with Gasteiger partial charge in [0.2, 0.25) is 0 Å². The number of aromatic hydroxyl groups is 1. The van der Waals surface area contributed by atoms with E-state index in [9.17, 15) is 24.8 Å². The quantitative estimate of drug-likeness (QED) is 0.477. The van der Waals surface area contributed by atoms with Crippen LogP contribution >= 0.6 is 11.8 Å². The molecule has 2 fully saturated rings. The van der Waals surface area contributed by atoms with Gasteiger partial charge in [0.05, 0.1) is 9.83 Å². The molecular formula is C18H20N2O5S. The van der Waals surface area contributed by atoms with Gasteiger partial charge in [0.1, 0.15) is 0 Å². The third kappa shape index (κ3) is 3.75. The van der Waals surface area contributed by atoms with Gasteiger partial charge in [-0.2, -0.15) is 0 Å². The molecule has 0 unspecified atom stereocenters. The highest BCUT2D eigenvalue weighted by Crippen LogP contribution is 2.40. The molecule has 1 N–H and O–H groups in total. The number of benzene rings is 1. The number of carbonyl (C=O) groups excluding carboxylic acids is 2. The highest BCUT2D eigenvalue weighted by molar-refractivity contribution is 8.18. The number of hydrogen-bond acceptors (Lipinski definition) is 6. The zero-order valence-electron chi connectivity index (χ0n) is 14.4. The molecule has 0 bridgehead atoms. The number of hydrogen-bond donors (Lipinski definition) is 1. The zero-order chi connectivity index (χ0) is 18.9. The van der Waals surface area contributed by atoms with Crippen LogP contribution in [-0.2, 0) is 4.79 Å². The van der Waals surface area contributed by atoms with Crippen LogP contribution in [0.5, 0.6) is 5.75 Å². The SMILES string of the molecule is CC1(CN2C(=O)SC(=Cc3ccc(O)c([N+](=O)[O-])c3)C2=O)CCCCC1. The fourth-order valence-corrected chi connectivity index (χ4v) is 4.35. The van der Waals surface area contributed by atoms with Crippen LogP contribution in [-0.4, -0.2) is 32.6 Å². The fraction of sp³-hybridized carbons (Fsp3) is 0.444. The minimum atomic E-state index is -0.692. The van der Waals surface area contributed by atoms with Crippen LogP contribution in [0, 0.1) is 15.5 Å². The normalized spacial score (nSPS) is 21.4. The number of amides is 2. The Balaban J connectivity index is 1.81. The van der Waals surface area contributed by atoms with E-state index in [1.165, 1.54) is 35.6 Å². The van der Waals surface area contributed by atoms with E-state index in [0.717, 1.165) is 37.4 Å². The molecule has 0 aromatic heterocycles. The minimum absolute atomic E-state index is 0.0447. The summed E-state index contributed by atoms with van der Waals surface area (Å²) in [6, 6.07) is 3.86. The van der Waals surface area contributed by atoms with E-state index in [-0.39, 0.29) is 21.5 Å². The second kappa shape index (κ2) is 7.11. The number of rotatable bonds is 4. The molecule has 1 aliphatic carbocycles. The lowest BCUT2D eigenvalue weighted by Gasteiger charge is -2.35. The highest BCUT2D eigenvalue weighted by Gasteiger charge is 2.40. The monoisotopic (exact) mass is 376 g/mol. The van der Waals surface area contributed by atoms with Crippen LogP contribution in [0.1, 0.15) is 44.6 Å². The number of phenols is 1. The van der Waals surface area contributed by atoms with Crippen LogP contribution in [0.2, 0.25) is 0 Å². The van der Waals surface area contributed by atoms with Gasteiger partial charge in [0.25, 0.3) is 11.1 Å². The first kappa shape index (κ1) is 18.4. The first-order valence-electron chi connectivity index (χ1n) is 8.52. The largest absolute Gasteiger partial charge is 0.502 e. The van der Waals surface area contributed by atoms with Gasteiger partial charge in [-0.3, -0.25) is 24.6 Å². The smallest absolute Gasteiger partial charge is 0.311 e. The van der Waals surface area contributed by atoms with Crippen LogP contribution in [0.25, 0.3) is 6.08 Å². The fourth-order valence-electron chi connectivity index (χ4n) is 3.51. The molecule has 26 heavy (non-hydrogen) atoms. The average Bonchev–Trinajstić information content (AvgIpc) is 2.84. The van der Waals surface area contributed by atoms with Crippen molar-refractivity contribution in [3.63, 3.8) is 0 Å². The number of nitro groups is 1. The molecule has 1 saturated heterocycles. The van der Waals surface area contributed by atoms with Crippen molar-refractivity contribution in [2.75, 3.05) is 6.54 Å². The van der Waals surface area contributed by atoms with Gasteiger partial charge in [-0.05, 0) is 47.7 Å². The lowest BCUT2D eigenvalue weighted by atomic mass is 9.75. The van der Waals surface area contributed by atoms with Gasteiger partial charge < -0.3 is 5.11 Å². The summed E-state index contributed by atoms with van der Waals surface area (Å²) in [5.74, 6) is -0.798. The molecule has 1 aliphatic heterocycles. The Morgan fingerprint density at radius 3 is 2.65 bits per heavy atom. The molecule has 0 atom stereocenters. The number of nitro benzene ring substituents is 1. The third-order valence-corrected chi connectivity index (χ3v) is 5.88.